The molecule has 0 aliphatic carbocycles. The highest BCUT2D eigenvalue weighted by molar-refractivity contribution is 9.10. The summed E-state index contributed by atoms with van der Waals surface area (Å²) < 4.78 is 0.795. The Bertz CT molecular complexity index is 371. The molecule has 1 aromatic heterocycles. The van der Waals surface area contributed by atoms with Crippen molar-refractivity contribution >= 4 is 27.7 Å². The Balaban J connectivity index is 2.37. The molecule has 0 aliphatic heterocycles. The Morgan fingerprint density at radius 2 is 2.35 bits per heavy atom. The van der Waals surface area contributed by atoms with E-state index in [1.54, 1.807) is 6.20 Å². The first-order valence-electron chi connectivity index (χ1n) is 5.74. The summed E-state index contributed by atoms with van der Waals surface area (Å²) in [6.45, 7) is 2.78. The van der Waals surface area contributed by atoms with E-state index in [1.165, 1.54) is 0 Å². The molecule has 0 bridgehead atoms. The molecule has 1 rings (SSSR count). The zero-order valence-electron chi connectivity index (χ0n) is 9.95. The molecule has 0 aromatic carbocycles. The van der Waals surface area contributed by atoms with Crippen LogP contribution < -0.4 is 11.1 Å². The third-order valence-electron chi connectivity index (χ3n) is 2.54. The first-order chi connectivity index (χ1) is 8.13. The second-order valence-corrected chi connectivity index (χ2v) is 4.96. The molecule has 1 amide bonds. The molecule has 5 heteroatoms. The summed E-state index contributed by atoms with van der Waals surface area (Å²) in [5.74, 6) is 1.05. The Kier molecular flexibility index (Phi) is 6.15. The van der Waals surface area contributed by atoms with E-state index in [2.05, 4.69) is 33.2 Å². The third kappa shape index (κ3) is 5.28. The third-order valence-corrected chi connectivity index (χ3v) is 3.18. The molecule has 94 valence electrons. The fourth-order valence-electron chi connectivity index (χ4n) is 1.48. The monoisotopic (exact) mass is 299 g/mol. The highest BCUT2D eigenvalue weighted by Gasteiger charge is 2.08. The van der Waals surface area contributed by atoms with E-state index in [4.69, 9.17) is 5.73 Å². The summed E-state index contributed by atoms with van der Waals surface area (Å²) in [5.41, 5.74) is 5.46. The summed E-state index contributed by atoms with van der Waals surface area (Å²) in [6, 6.07) is 3.66. The van der Waals surface area contributed by atoms with Crippen molar-refractivity contribution in [2.24, 2.45) is 11.7 Å². The molecule has 1 unspecified atom stereocenters. The fraction of sp³-hybridized carbons (Fsp3) is 0.500. The van der Waals surface area contributed by atoms with Crippen LogP contribution in [0.2, 0.25) is 0 Å². The van der Waals surface area contributed by atoms with Crippen LogP contribution >= 0.6 is 15.9 Å². The van der Waals surface area contributed by atoms with Crippen LogP contribution in [0, 0.1) is 5.92 Å². The largest absolute Gasteiger partial charge is 0.330 e. The quantitative estimate of drug-likeness (QED) is 0.848. The molecule has 1 atom stereocenters. The van der Waals surface area contributed by atoms with E-state index in [9.17, 15) is 4.79 Å². The molecule has 0 aliphatic rings. The fourth-order valence-corrected chi connectivity index (χ4v) is 1.83. The second kappa shape index (κ2) is 7.40. The standard InChI is InChI=1S/C12H18BrN3O/c1-9(6-7-14)4-5-11(17)16-12-10(13)3-2-8-15-12/h2-3,8-9H,4-7,14H2,1H3,(H,15,16,17). The molecule has 0 fully saturated rings. The van der Waals surface area contributed by atoms with Gasteiger partial charge in [-0.2, -0.15) is 0 Å². The average Bonchev–Trinajstić information content (AvgIpc) is 2.30. The van der Waals surface area contributed by atoms with Gasteiger partial charge in [0.2, 0.25) is 5.91 Å². The Hall–Kier alpha value is -0.940. The van der Waals surface area contributed by atoms with E-state index in [0.717, 1.165) is 17.3 Å². The van der Waals surface area contributed by atoms with Crippen molar-refractivity contribution in [2.45, 2.75) is 26.2 Å². The lowest BCUT2D eigenvalue weighted by Crippen LogP contribution is -2.15. The number of hydrogen-bond acceptors (Lipinski definition) is 3. The van der Waals surface area contributed by atoms with Crippen molar-refractivity contribution < 1.29 is 4.79 Å². The van der Waals surface area contributed by atoms with E-state index < -0.39 is 0 Å². The molecule has 0 spiro atoms. The number of rotatable bonds is 6. The summed E-state index contributed by atoms with van der Waals surface area (Å²) in [4.78, 5) is 15.8. The van der Waals surface area contributed by atoms with Gasteiger partial charge in [-0.25, -0.2) is 4.98 Å². The molecule has 0 saturated heterocycles. The molecule has 1 heterocycles. The number of carbonyl (C=O) groups is 1. The molecular formula is C12H18BrN3O. The van der Waals surface area contributed by atoms with Gasteiger partial charge in [0.15, 0.2) is 0 Å². The van der Waals surface area contributed by atoms with Crippen molar-refractivity contribution in [1.82, 2.24) is 4.98 Å². The normalized spacial score (nSPS) is 12.2. The smallest absolute Gasteiger partial charge is 0.225 e. The van der Waals surface area contributed by atoms with Crippen LogP contribution in [0.1, 0.15) is 26.2 Å². The summed E-state index contributed by atoms with van der Waals surface area (Å²) in [6.07, 6.45) is 3.97. The number of anilines is 1. The maximum Gasteiger partial charge on any atom is 0.225 e. The van der Waals surface area contributed by atoms with E-state index in [-0.39, 0.29) is 5.91 Å². The van der Waals surface area contributed by atoms with Crippen LogP contribution in [-0.4, -0.2) is 17.4 Å². The minimum absolute atomic E-state index is 0.00623. The number of nitrogens with two attached hydrogens (primary N) is 1. The average molecular weight is 300 g/mol. The number of carbonyl (C=O) groups excluding carboxylic acids is 1. The van der Waals surface area contributed by atoms with Gasteiger partial charge in [-0.1, -0.05) is 6.92 Å². The zero-order valence-corrected chi connectivity index (χ0v) is 11.5. The maximum atomic E-state index is 11.7. The number of aromatic nitrogens is 1. The van der Waals surface area contributed by atoms with Crippen molar-refractivity contribution in [3.8, 4) is 0 Å². The van der Waals surface area contributed by atoms with Crippen molar-refractivity contribution in [2.75, 3.05) is 11.9 Å². The van der Waals surface area contributed by atoms with Gasteiger partial charge >= 0.3 is 0 Å². The summed E-state index contributed by atoms with van der Waals surface area (Å²) in [7, 11) is 0. The van der Waals surface area contributed by atoms with Gasteiger partial charge in [0.25, 0.3) is 0 Å². The number of amides is 1. The first kappa shape index (κ1) is 14.1. The van der Waals surface area contributed by atoms with Crippen LogP contribution in [0.3, 0.4) is 0 Å². The van der Waals surface area contributed by atoms with Crippen LogP contribution in [0.25, 0.3) is 0 Å². The lowest BCUT2D eigenvalue weighted by atomic mass is 10.0. The molecule has 4 nitrogen and oxygen atoms in total. The number of nitrogens with zero attached hydrogens (tertiary/aromatic N) is 1. The van der Waals surface area contributed by atoms with Gasteiger partial charge in [-0.3, -0.25) is 4.79 Å². The lowest BCUT2D eigenvalue weighted by Gasteiger charge is -2.10. The Labute approximate surface area is 110 Å². The predicted molar refractivity (Wildman–Crippen MR) is 72.6 cm³/mol. The summed E-state index contributed by atoms with van der Waals surface area (Å²) >= 11 is 3.34. The SMILES string of the molecule is CC(CCN)CCC(=O)Nc1ncccc1Br. The minimum Gasteiger partial charge on any atom is -0.330 e. The van der Waals surface area contributed by atoms with Gasteiger partial charge in [-0.15, -0.1) is 0 Å². The predicted octanol–water partition coefficient (Wildman–Crippen LogP) is 2.55. The van der Waals surface area contributed by atoms with Gasteiger partial charge in [-0.05, 0) is 53.4 Å². The van der Waals surface area contributed by atoms with E-state index >= 15 is 0 Å². The van der Waals surface area contributed by atoms with Crippen LogP contribution in [0.5, 0.6) is 0 Å². The zero-order chi connectivity index (χ0) is 12.7. The molecular weight excluding hydrogens is 282 g/mol. The highest BCUT2D eigenvalue weighted by atomic mass is 79.9. The summed E-state index contributed by atoms with van der Waals surface area (Å²) in [5, 5.41) is 2.78. The van der Waals surface area contributed by atoms with Gasteiger partial charge in [0.1, 0.15) is 5.82 Å². The van der Waals surface area contributed by atoms with Crippen LogP contribution in [0.15, 0.2) is 22.8 Å². The molecule has 0 radical (unpaired) electrons. The van der Waals surface area contributed by atoms with Crippen molar-refractivity contribution in [1.29, 1.82) is 0 Å². The number of nitrogens with one attached hydrogen (secondary N) is 1. The topological polar surface area (TPSA) is 68.0 Å². The molecule has 1 aromatic rings. The van der Waals surface area contributed by atoms with Crippen LogP contribution in [0.4, 0.5) is 5.82 Å². The van der Waals surface area contributed by atoms with Crippen LogP contribution in [-0.2, 0) is 4.79 Å². The van der Waals surface area contributed by atoms with Gasteiger partial charge < -0.3 is 11.1 Å². The van der Waals surface area contributed by atoms with Gasteiger partial charge in [0, 0.05) is 12.6 Å². The first-order valence-corrected chi connectivity index (χ1v) is 6.53. The second-order valence-electron chi connectivity index (χ2n) is 4.10. The highest BCUT2D eigenvalue weighted by Crippen LogP contribution is 2.19. The van der Waals surface area contributed by atoms with Gasteiger partial charge in [0.05, 0.1) is 4.47 Å². The molecule has 3 N–H and O–H groups in total. The Morgan fingerprint density at radius 1 is 1.59 bits per heavy atom. The van der Waals surface area contributed by atoms with Crippen molar-refractivity contribution in [3.05, 3.63) is 22.8 Å². The lowest BCUT2D eigenvalue weighted by molar-refractivity contribution is -0.116. The molecule has 17 heavy (non-hydrogen) atoms. The molecule has 0 saturated carbocycles. The number of pyridine rings is 1. The Morgan fingerprint density at radius 3 is 3.00 bits per heavy atom. The number of hydrogen-bond donors (Lipinski definition) is 2. The van der Waals surface area contributed by atoms with E-state index in [0.29, 0.717) is 24.7 Å². The maximum absolute atomic E-state index is 11.7. The van der Waals surface area contributed by atoms with Crippen molar-refractivity contribution in [3.63, 3.8) is 0 Å². The number of halogens is 1. The minimum atomic E-state index is -0.00623. The van der Waals surface area contributed by atoms with E-state index in [1.807, 2.05) is 12.1 Å².